The maximum atomic E-state index is 14.5. The highest BCUT2D eigenvalue weighted by Crippen LogP contribution is 2.54. The zero-order valence-corrected chi connectivity index (χ0v) is 22.9. The Hall–Kier alpha value is -3.75. The number of fused-ring (bicyclic) bond motifs is 2. The van der Waals surface area contributed by atoms with Crippen molar-refractivity contribution in [2.75, 3.05) is 36.0 Å². The Balaban J connectivity index is 1.44. The van der Waals surface area contributed by atoms with Crippen molar-refractivity contribution >= 4 is 29.1 Å². The summed E-state index contributed by atoms with van der Waals surface area (Å²) in [5.41, 5.74) is 2.26. The fraction of sp³-hybridized carbons (Fsp3) is 0.406. The molecule has 4 aliphatic rings. The first kappa shape index (κ1) is 26.5. The van der Waals surface area contributed by atoms with E-state index in [1.54, 1.807) is 14.7 Å². The summed E-state index contributed by atoms with van der Waals surface area (Å²) in [4.78, 5) is 48.1. The maximum Gasteiger partial charge on any atom is 0.253 e. The van der Waals surface area contributed by atoms with Crippen LogP contribution in [0.5, 0.6) is 0 Å². The highest BCUT2D eigenvalue weighted by molar-refractivity contribution is 6.07. The second-order valence-corrected chi connectivity index (χ2v) is 11.1. The summed E-state index contributed by atoms with van der Waals surface area (Å²) in [5, 5.41) is 9.43. The molecule has 3 amide bonds. The number of anilines is 2. The lowest BCUT2D eigenvalue weighted by atomic mass is 9.77. The molecule has 2 saturated heterocycles. The standard InChI is InChI=1S/C32H35N3O5/c1-21-11-8-12-22(2)27(21)34-19-10-16-32-26(30(38)35(17-6-7-20-36)28(32)31(34)39)25-24(40-32)15-9-18-33(29(25)37)23-13-4-3-5-14-23/h3-5,8-16,24-26,28,36H,6-7,17-20H2,1-2H3/t24-,25+,26-,28?,32-/m0/s1. The van der Waals surface area contributed by atoms with Gasteiger partial charge < -0.3 is 24.5 Å². The van der Waals surface area contributed by atoms with Crippen LogP contribution >= 0.6 is 0 Å². The molecule has 2 aromatic rings. The number of ether oxygens (including phenoxy) is 1. The summed E-state index contributed by atoms with van der Waals surface area (Å²) in [7, 11) is 0. The van der Waals surface area contributed by atoms with Gasteiger partial charge in [-0.15, -0.1) is 0 Å². The van der Waals surface area contributed by atoms with Gasteiger partial charge in [0.05, 0.1) is 17.9 Å². The monoisotopic (exact) mass is 541 g/mol. The minimum absolute atomic E-state index is 0.000162. The predicted octanol–water partition coefficient (Wildman–Crippen LogP) is 3.16. The van der Waals surface area contributed by atoms with Crippen LogP contribution in [0.3, 0.4) is 0 Å². The van der Waals surface area contributed by atoms with Crippen molar-refractivity contribution in [2.45, 2.75) is 44.4 Å². The third kappa shape index (κ3) is 4.00. The molecule has 8 nitrogen and oxygen atoms in total. The van der Waals surface area contributed by atoms with Crippen molar-refractivity contribution in [1.29, 1.82) is 0 Å². The van der Waals surface area contributed by atoms with Gasteiger partial charge in [0.15, 0.2) is 0 Å². The van der Waals surface area contributed by atoms with E-state index in [0.29, 0.717) is 32.5 Å². The largest absolute Gasteiger partial charge is 0.396 e. The van der Waals surface area contributed by atoms with Crippen LogP contribution in [0, 0.1) is 25.7 Å². The molecule has 8 heteroatoms. The van der Waals surface area contributed by atoms with Crippen LogP contribution < -0.4 is 9.80 Å². The van der Waals surface area contributed by atoms with Gasteiger partial charge in [-0.25, -0.2) is 0 Å². The Bertz CT molecular complexity index is 1370. The molecule has 0 saturated carbocycles. The first-order valence-corrected chi connectivity index (χ1v) is 14.1. The average Bonchev–Trinajstić information content (AvgIpc) is 3.25. The van der Waals surface area contributed by atoms with Crippen molar-refractivity contribution in [3.63, 3.8) is 0 Å². The fourth-order valence-electron chi connectivity index (χ4n) is 7.04. The quantitative estimate of drug-likeness (QED) is 0.448. The molecule has 4 heterocycles. The van der Waals surface area contributed by atoms with Crippen molar-refractivity contribution < 1.29 is 24.2 Å². The molecule has 5 atom stereocenters. The van der Waals surface area contributed by atoms with Gasteiger partial charge in [-0.05, 0) is 49.9 Å². The van der Waals surface area contributed by atoms with Crippen LogP contribution in [0.2, 0.25) is 0 Å². The molecule has 0 aliphatic carbocycles. The number of aliphatic hydroxyl groups is 1. The van der Waals surface area contributed by atoms with Crippen LogP contribution in [0.1, 0.15) is 24.0 Å². The SMILES string of the molecule is Cc1cccc(C)c1N1CC=C[C@]23O[C@H]4C=CCN(c5ccccc5)C(=O)[C@H]4[C@H]2C(=O)N(CCCCO)C3C1=O. The van der Waals surface area contributed by atoms with Gasteiger partial charge in [0, 0.05) is 37.6 Å². The van der Waals surface area contributed by atoms with Crippen LogP contribution in [0.15, 0.2) is 72.8 Å². The van der Waals surface area contributed by atoms with Crippen LogP contribution in [-0.2, 0) is 19.1 Å². The Morgan fingerprint density at radius 3 is 2.33 bits per heavy atom. The molecule has 0 radical (unpaired) electrons. The number of aliphatic hydroxyl groups excluding tert-OH is 1. The number of carbonyl (C=O) groups is 3. The molecular formula is C32H35N3O5. The normalized spacial score (nSPS) is 29.4. The summed E-state index contributed by atoms with van der Waals surface area (Å²) in [5.74, 6) is -2.23. The van der Waals surface area contributed by atoms with Crippen molar-refractivity contribution in [3.8, 4) is 0 Å². The molecule has 2 aromatic carbocycles. The zero-order valence-electron chi connectivity index (χ0n) is 22.9. The minimum Gasteiger partial charge on any atom is -0.396 e. The summed E-state index contributed by atoms with van der Waals surface area (Å²) >= 11 is 0. The number of hydrogen-bond acceptors (Lipinski definition) is 5. The Morgan fingerprint density at radius 1 is 0.875 bits per heavy atom. The number of carbonyl (C=O) groups excluding carboxylic acids is 3. The average molecular weight is 542 g/mol. The second kappa shape index (κ2) is 10.3. The number of amides is 3. The predicted molar refractivity (Wildman–Crippen MR) is 152 cm³/mol. The van der Waals surface area contributed by atoms with Gasteiger partial charge in [0.25, 0.3) is 5.91 Å². The molecule has 1 spiro atoms. The first-order chi connectivity index (χ1) is 19.4. The Morgan fingerprint density at radius 2 is 1.60 bits per heavy atom. The van der Waals surface area contributed by atoms with E-state index in [-0.39, 0.29) is 24.3 Å². The highest BCUT2D eigenvalue weighted by Gasteiger charge is 2.71. The third-order valence-electron chi connectivity index (χ3n) is 8.74. The van der Waals surface area contributed by atoms with E-state index in [4.69, 9.17) is 4.74 Å². The number of aryl methyl sites for hydroxylation is 2. The van der Waals surface area contributed by atoms with Gasteiger partial charge in [-0.2, -0.15) is 0 Å². The zero-order chi connectivity index (χ0) is 28.0. The molecule has 1 N–H and O–H groups in total. The smallest absolute Gasteiger partial charge is 0.253 e. The lowest BCUT2D eigenvalue weighted by Gasteiger charge is -2.36. The lowest BCUT2D eigenvalue weighted by molar-refractivity contribution is -0.140. The number of benzene rings is 2. The van der Waals surface area contributed by atoms with Gasteiger partial charge in [0.2, 0.25) is 11.8 Å². The lowest BCUT2D eigenvalue weighted by Crippen LogP contribution is -2.55. The number of rotatable bonds is 6. The molecule has 0 bridgehead atoms. The van der Waals surface area contributed by atoms with Crippen molar-refractivity contribution in [3.05, 3.63) is 84.0 Å². The highest BCUT2D eigenvalue weighted by atomic mass is 16.5. The molecule has 1 unspecified atom stereocenters. The first-order valence-electron chi connectivity index (χ1n) is 14.1. The van der Waals surface area contributed by atoms with Gasteiger partial charge in [-0.3, -0.25) is 14.4 Å². The van der Waals surface area contributed by atoms with E-state index in [1.165, 1.54) is 0 Å². The van der Waals surface area contributed by atoms with Gasteiger partial charge in [-0.1, -0.05) is 60.7 Å². The molecule has 6 rings (SSSR count). The number of para-hydroxylation sites is 2. The number of nitrogens with zero attached hydrogens (tertiary/aromatic N) is 3. The van der Waals surface area contributed by atoms with E-state index >= 15 is 0 Å². The van der Waals surface area contributed by atoms with Crippen molar-refractivity contribution in [2.24, 2.45) is 11.8 Å². The fourth-order valence-corrected chi connectivity index (χ4v) is 7.04. The third-order valence-corrected chi connectivity index (χ3v) is 8.74. The minimum atomic E-state index is -1.27. The summed E-state index contributed by atoms with van der Waals surface area (Å²) in [6.45, 7) is 4.98. The molecule has 40 heavy (non-hydrogen) atoms. The van der Waals surface area contributed by atoms with Crippen molar-refractivity contribution in [1.82, 2.24) is 4.90 Å². The van der Waals surface area contributed by atoms with E-state index < -0.39 is 29.6 Å². The summed E-state index contributed by atoms with van der Waals surface area (Å²) < 4.78 is 6.74. The molecule has 208 valence electrons. The topological polar surface area (TPSA) is 90.4 Å². The molecule has 0 aromatic heterocycles. The van der Waals surface area contributed by atoms with Crippen LogP contribution in [-0.4, -0.2) is 71.7 Å². The maximum absolute atomic E-state index is 14.5. The number of hydrogen-bond donors (Lipinski definition) is 1. The summed E-state index contributed by atoms with van der Waals surface area (Å²) in [6, 6.07) is 14.4. The molecule has 2 fully saturated rings. The summed E-state index contributed by atoms with van der Waals surface area (Å²) in [6.07, 6.45) is 8.01. The molecular weight excluding hydrogens is 506 g/mol. The van der Waals surface area contributed by atoms with E-state index in [0.717, 1.165) is 22.5 Å². The number of unbranched alkanes of at least 4 members (excludes halogenated alkanes) is 1. The van der Waals surface area contributed by atoms with Gasteiger partial charge >= 0.3 is 0 Å². The Labute approximate surface area is 234 Å². The Kier molecular flexibility index (Phi) is 6.84. The van der Waals surface area contributed by atoms with Crippen LogP contribution in [0.4, 0.5) is 11.4 Å². The second-order valence-electron chi connectivity index (χ2n) is 11.1. The van der Waals surface area contributed by atoms with Crippen LogP contribution in [0.25, 0.3) is 0 Å². The number of likely N-dealkylation sites (tertiary alicyclic amines) is 1. The molecule has 4 aliphatic heterocycles. The van der Waals surface area contributed by atoms with E-state index in [1.807, 2.05) is 86.7 Å². The van der Waals surface area contributed by atoms with E-state index in [9.17, 15) is 19.5 Å². The van der Waals surface area contributed by atoms with E-state index in [2.05, 4.69) is 0 Å². The van der Waals surface area contributed by atoms with Gasteiger partial charge in [0.1, 0.15) is 11.6 Å².